The maximum Gasteiger partial charge on any atom is 0.260 e. The summed E-state index contributed by atoms with van der Waals surface area (Å²) in [6.07, 6.45) is 1.77. The highest BCUT2D eigenvalue weighted by Gasteiger charge is 2.35. The summed E-state index contributed by atoms with van der Waals surface area (Å²) < 4.78 is 28.0. The van der Waals surface area contributed by atoms with E-state index in [0.717, 1.165) is 28.6 Å². The Morgan fingerprint density at radius 3 is 2.44 bits per heavy atom. The van der Waals surface area contributed by atoms with Gasteiger partial charge in [0.25, 0.3) is 5.91 Å². The average Bonchev–Trinajstić information content (AvgIpc) is 3.61. The van der Waals surface area contributed by atoms with E-state index in [4.69, 9.17) is 11.6 Å². The van der Waals surface area contributed by atoms with Crippen LogP contribution in [0.25, 0.3) is 10.2 Å². The Labute approximate surface area is 207 Å². The molecule has 0 atom stereocenters. The number of halogens is 1. The number of thiazole rings is 1. The molecule has 1 heterocycles. The van der Waals surface area contributed by atoms with Gasteiger partial charge in [0, 0.05) is 23.7 Å². The molecule has 0 saturated heterocycles. The first kappa shape index (κ1) is 23.0. The zero-order valence-electron chi connectivity index (χ0n) is 18.4. The molecule has 0 aliphatic heterocycles. The molecule has 1 fully saturated rings. The molecule has 0 radical (unpaired) electrons. The van der Waals surface area contributed by atoms with Crippen molar-refractivity contribution in [2.75, 3.05) is 11.9 Å². The van der Waals surface area contributed by atoms with Gasteiger partial charge in [-0.1, -0.05) is 53.3 Å². The van der Waals surface area contributed by atoms with Crippen molar-refractivity contribution >= 4 is 54.2 Å². The molecular weight excluding hydrogens is 490 g/mol. The summed E-state index contributed by atoms with van der Waals surface area (Å²) in [6.45, 7) is 0.331. The summed E-state index contributed by atoms with van der Waals surface area (Å²) in [7, 11) is -1.97. The number of hydrogen-bond acceptors (Lipinski definition) is 5. The Hall–Kier alpha value is -2.78. The molecule has 0 spiro atoms. The first-order valence-electron chi connectivity index (χ1n) is 10.8. The van der Waals surface area contributed by atoms with Crippen LogP contribution < -0.4 is 4.90 Å². The van der Waals surface area contributed by atoms with E-state index in [-0.39, 0.29) is 16.8 Å². The monoisotopic (exact) mass is 511 g/mol. The quantitative estimate of drug-likeness (QED) is 0.325. The highest BCUT2D eigenvalue weighted by atomic mass is 35.5. The number of fused-ring (bicyclic) bond motifs is 1. The average molecular weight is 512 g/mol. The van der Waals surface area contributed by atoms with Gasteiger partial charge in [0.2, 0.25) is 10.0 Å². The number of sulfonamides is 1. The van der Waals surface area contributed by atoms with Crippen molar-refractivity contribution in [3.05, 3.63) is 88.9 Å². The molecule has 4 aromatic rings. The first-order chi connectivity index (χ1) is 16.3. The Balaban J connectivity index is 1.48. The van der Waals surface area contributed by atoms with E-state index < -0.39 is 10.0 Å². The van der Waals surface area contributed by atoms with Gasteiger partial charge in [0.05, 0.1) is 21.7 Å². The summed E-state index contributed by atoms with van der Waals surface area (Å²) in [5.41, 5.74) is 2.11. The molecule has 0 N–H and O–H groups in total. The third kappa shape index (κ3) is 4.59. The van der Waals surface area contributed by atoms with E-state index in [1.54, 1.807) is 30.1 Å². The fraction of sp³-hybridized carbons (Fsp3) is 0.200. The molecule has 34 heavy (non-hydrogen) atoms. The number of hydrogen-bond donors (Lipinski definition) is 0. The van der Waals surface area contributed by atoms with E-state index >= 15 is 0 Å². The maximum absolute atomic E-state index is 13.6. The predicted molar refractivity (Wildman–Crippen MR) is 136 cm³/mol. The lowest BCUT2D eigenvalue weighted by atomic mass is 10.1. The Morgan fingerprint density at radius 2 is 1.76 bits per heavy atom. The van der Waals surface area contributed by atoms with Crippen LogP contribution in [0.3, 0.4) is 0 Å². The lowest BCUT2D eigenvalue weighted by molar-refractivity contribution is 0.0985. The number of nitrogens with zero attached hydrogens (tertiary/aromatic N) is 3. The zero-order chi connectivity index (χ0) is 23.9. The first-order valence-corrected chi connectivity index (χ1v) is 13.5. The van der Waals surface area contributed by atoms with Crippen molar-refractivity contribution in [2.45, 2.75) is 30.3 Å². The third-order valence-corrected chi connectivity index (χ3v) is 9.04. The predicted octanol–water partition coefficient (Wildman–Crippen LogP) is 5.58. The number of rotatable bonds is 7. The third-order valence-electron chi connectivity index (χ3n) is 5.84. The molecule has 3 aromatic carbocycles. The topological polar surface area (TPSA) is 70.6 Å². The van der Waals surface area contributed by atoms with E-state index in [0.29, 0.717) is 22.3 Å². The van der Waals surface area contributed by atoms with Crippen LogP contribution in [-0.4, -0.2) is 36.7 Å². The van der Waals surface area contributed by atoms with E-state index in [2.05, 4.69) is 4.98 Å². The number of carbonyl (C=O) groups excluding carboxylic acids is 1. The highest BCUT2D eigenvalue weighted by molar-refractivity contribution is 7.89. The van der Waals surface area contributed by atoms with Crippen LogP contribution in [0.2, 0.25) is 5.02 Å². The number of anilines is 1. The summed E-state index contributed by atoms with van der Waals surface area (Å²) in [4.78, 5) is 20.1. The van der Waals surface area contributed by atoms with Crippen LogP contribution in [-0.2, 0) is 16.6 Å². The summed E-state index contributed by atoms with van der Waals surface area (Å²) >= 11 is 7.53. The Bertz CT molecular complexity index is 1450. The number of aromatic nitrogens is 1. The van der Waals surface area contributed by atoms with Crippen LogP contribution in [0.5, 0.6) is 0 Å². The van der Waals surface area contributed by atoms with Gasteiger partial charge < -0.3 is 0 Å². The van der Waals surface area contributed by atoms with Crippen molar-refractivity contribution < 1.29 is 13.2 Å². The largest absolute Gasteiger partial charge is 0.279 e. The SMILES string of the molecule is CN(C1CC1)S(=O)(=O)c1ccc(C(=O)N(Cc2ccccc2)c2nc3ccc(Cl)cc3s2)cc1. The van der Waals surface area contributed by atoms with Crippen LogP contribution in [0, 0.1) is 0 Å². The molecule has 174 valence electrons. The maximum atomic E-state index is 13.6. The van der Waals surface area contributed by atoms with E-state index in [9.17, 15) is 13.2 Å². The van der Waals surface area contributed by atoms with Crippen molar-refractivity contribution in [3.63, 3.8) is 0 Å². The van der Waals surface area contributed by atoms with Crippen molar-refractivity contribution in [1.29, 1.82) is 0 Å². The number of amides is 1. The standard InChI is InChI=1S/C25H22ClN3O3S2/c1-28(20-10-11-20)34(31,32)21-12-7-18(8-13-21)24(30)29(16-17-5-3-2-4-6-17)25-27-22-14-9-19(26)15-23(22)33-25/h2-9,12-15,20H,10-11,16H2,1H3. The fourth-order valence-electron chi connectivity index (χ4n) is 3.72. The van der Waals surface area contributed by atoms with Gasteiger partial charge in [-0.05, 0) is 60.9 Å². The van der Waals surface area contributed by atoms with Crippen LogP contribution in [0.15, 0.2) is 77.7 Å². The molecule has 6 nitrogen and oxygen atoms in total. The minimum absolute atomic E-state index is 0.0696. The molecule has 1 aromatic heterocycles. The lowest BCUT2D eigenvalue weighted by Crippen LogP contribution is -2.31. The van der Waals surface area contributed by atoms with Gasteiger partial charge in [-0.15, -0.1) is 0 Å². The molecule has 1 saturated carbocycles. The molecule has 0 bridgehead atoms. The molecule has 1 aliphatic carbocycles. The minimum atomic E-state index is -3.57. The smallest absolute Gasteiger partial charge is 0.260 e. The second-order valence-electron chi connectivity index (χ2n) is 8.26. The molecule has 1 aliphatic rings. The second kappa shape index (κ2) is 9.11. The molecule has 0 unspecified atom stereocenters. The number of benzene rings is 3. The van der Waals surface area contributed by atoms with Gasteiger partial charge in [0.15, 0.2) is 5.13 Å². The molecule has 1 amide bonds. The van der Waals surface area contributed by atoms with E-state index in [1.165, 1.54) is 27.8 Å². The van der Waals surface area contributed by atoms with Gasteiger partial charge in [0.1, 0.15) is 0 Å². The Kier molecular flexibility index (Phi) is 6.16. The van der Waals surface area contributed by atoms with Crippen molar-refractivity contribution in [3.8, 4) is 0 Å². The van der Waals surface area contributed by atoms with Crippen molar-refractivity contribution in [2.24, 2.45) is 0 Å². The van der Waals surface area contributed by atoms with E-state index in [1.807, 2.05) is 42.5 Å². The zero-order valence-corrected chi connectivity index (χ0v) is 20.8. The van der Waals surface area contributed by atoms with Crippen LogP contribution >= 0.6 is 22.9 Å². The minimum Gasteiger partial charge on any atom is -0.279 e. The summed E-state index contributed by atoms with van der Waals surface area (Å²) in [6, 6.07) is 21.3. The molecular formula is C25H22ClN3O3S2. The van der Waals surface area contributed by atoms with Crippen LogP contribution in [0.1, 0.15) is 28.8 Å². The molecule has 5 rings (SSSR count). The van der Waals surface area contributed by atoms with Gasteiger partial charge in [-0.3, -0.25) is 9.69 Å². The van der Waals surface area contributed by atoms with Gasteiger partial charge in [-0.25, -0.2) is 13.4 Å². The Morgan fingerprint density at radius 1 is 1.06 bits per heavy atom. The molecule has 9 heteroatoms. The summed E-state index contributed by atoms with van der Waals surface area (Å²) in [5.74, 6) is -0.256. The van der Waals surface area contributed by atoms with Gasteiger partial charge >= 0.3 is 0 Å². The summed E-state index contributed by atoms with van der Waals surface area (Å²) in [5, 5.41) is 1.16. The van der Waals surface area contributed by atoms with Crippen LogP contribution in [0.4, 0.5) is 5.13 Å². The second-order valence-corrected chi connectivity index (χ2v) is 11.7. The lowest BCUT2D eigenvalue weighted by Gasteiger charge is -2.21. The fourth-order valence-corrected chi connectivity index (χ4v) is 6.38. The van der Waals surface area contributed by atoms with Crippen molar-refractivity contribution in [1.82, 2.24) is 9.29 Å². The number of carbonyl (C=O) groups is 1. The normalized spacial score (nSPS) is 14.0. The highest BCUT2D eigenvalue weighted by Crippen LogP contribution is 2.33. The van der Waals surface area contributed by atoms with Gasteiger partial charge in [-0.2, -0.15) is 4.31 Å².